The van der Waals surface area contributed by atoms with Crippen LogP contribution in [0.1, 0.15) is 70.4 Å². The van der Waals surface area contributed by atoms with Gasteiger partial charge in [0.2, 0.25) is 0 Å². The van der Waals surface area contributed by atoms with Crippen molar-refractivity contribution >= 4 is 60.3 Å². The maximum Gasteiger partial charge on any atom is 0.477 e. The van der Waals surface area contributed by atoms with Crippen LogP contribution < -0.4 is 5.32 Å². The first-order valence-electron chi connectivity index (χ1n) is 16.9. The summed E-state index contributed by atoms with van der Waals surface area (Å²) in [5.74, 6) is -1.88. The number of ketones is 1. The van der Waals surface area contributed by atoms with Gasteiger partial charge in [-0.25, -0.2) is 4.57 Å². The first-order chi connectivity index (χ1) is 24.3. The third-order valence-electron chi connectivity index (χ3n) is 7.59. The molecule has 284 valence electrons. The van der Waals surface area contributed by atoms with Crippen LogP contribution in [-0.4, -0.2) is 71.9 Å². The van der Waals surface area contributed by atoms with Gasteiger partial charge in [0.15, 0.2) is 6.29 Å². The Morgan fingerprint density at radius 1 is 0.824 bits per heavy atom. The Morgan fingerprint density at radius 2 is 1.35 bits per heavy atom. The molecule has 51 heavy (non-hydrogen) atoms. The molecule has 5 atom stereocenters. The van der Waals surface area contributed by atoms with Crippen LogP contribution in [0.4, 0.5) is 0 Å². The number of hydrogen-bond acceptors (Lipinski definition) is 11. The van der Waals surface area contributed by atoms with Crippen molar-refractivity contribution in [3.8, 4) is 0 Å². The second kappa shape index (κ2) is 22.2. The SMILES string of the molecule is CCCCOP(=O)(OCCCC)O[C@@H]1O[C@H](COC(=O)CCC(C)=O)[C@@H](OCc2ccccc2)[C@H](OCc2ccccc2)[C@H]1NC(=O)C(Cl)(Cl)Cl. The normalized spacial score (nSPS) is 20.9. The Morgan fingerprint density at radius 3 is 1.84 bits per heavy atom. The van der Waals surface area contributed by atoms with Gasteiger partial charge in [-0.3, -0.25) is 23.2 Å². The zero-order valence-electron chi connectivity index (χ0n) is 29.0. The number of halogens is 3. The molecule has 0 aromatic heterocycles. The van der Waals surface area contributed by atoms with Crippen molar-refractivity contribution in [2.24, 2.45) is 0 Å². The van der Waals surface area contributed by atoms with Gasteiger partial charge in [-0.15, -0.1) is 0 Å². The summed E-state index contributed by atoms with van der Waals surface area (Å²) < 4.78 is 53.9. The molecule has 0 unspecified atom stereocenters. The average Bonchev–Trinajstić information content (AvgIpc) is 3.10. The number of phosphoric acid groups is 1. The molecule has 0 saturated carbocycles. The summed E-state index contributed by atoms with van der Waals surface area (Å²) in [4.78, 5) is 37.4. The van der Waals surface area contributed by atoms with E-state index in [1.807, 2.05) is 74.5 Å². The minimum atomic E-state index is -4.36. The smallest absolute Gasteiger partial charge is 0.463 e. The molecular weight excluding hydrogens is 748 g/mol. The minimum absolute atomic E-state index is 0.00858. The van der Waals surface area contributed by atoms with Gasteiger partial charge in [0.05, 0.1) is 32.8 Å². The molecule has 0 aliphatic carbocycles. The number of rotatable bonds is 22. The Hall–Kier alpha value is -2.09. The summed E-state index contributed by atoms with van der Waals surface area (Å²) >= 11 is 18.0. The molecule has 1 fully saturated rings. The minimum Gasteiger partial charge on any atom is -0.463 e. The van der Waals surface area contributed by atoms with E-state index in [-0.39, 0.29) is 51.7 Å². The second-order valence-electron chi connectivity index (χ2n) is 11.9. The van der Waals surface area contributed by atoms with E-state index in [2.05, 4.69) is 5.32 Å². The summed E-state index contributed by atoms with van der Waals surface area (Å²) in [6.45, 7) is 5.03. The van der Waals surface area contributed by atoms with Crippen molar-refractivity contribution < 1.29 is 51.5 Å². The quantitative estimate of drug-likeness (QED) is 0.0551. The number of carbonyl (C=O) groups is 3. The van der Waals surface area contributed by atoms with E-state index in [1.54, 1.807) is 0 Å². The number of Topliss-reactive ketones (excluding diaryl/α,β-unsaturated/α-hetero) is 1. The van der Waals surface area contributed by atoms with Gasteiger partial charge in [-0.05, 0) is 30.9 Å². The summed E-state index contributed by atoms with van der Waals surface area (Å²) in [6.07, 6.45) is -2.52. The molecule has 2 aromatic carbocycles. The van der Waals surface area contributed by atoms with Crippen molar-refractivity contribution in [3.63, 3.8) is 0 Å². The van der Waals surface area contributed by atoms with Crippen LogP contribution in [0.3, 0.4) is 0 Å². The van der Waals surface area contributed by atoms with Crippen LogP contribution in [0, 0.1) is 0 Å². The monoisotopic (exact) mass is 793 g/mol. The molecule has 1 amide bonds. The van der Waals surface area contributed by atoms with Gasteiger partial charge in [0.1, 0.15) is 36.7 Å². The third-order valence-corrected chi connectivity index (χ3v) is 9.57. The van der Waals surface area contributed by atoms with E-state index >= 15 is 0 Å². The fraction of sp³-hybridized carbons (Fsp3) is 0.571. The topological polar surface area (TPSA) is 145 Å². The van der Waals surface area contributed by atoms with Crippen LogP contribution in [0.15, 0.2) is 60.7 Å². The van der Waals surface area contributed by atoms with Crippen molar-refractivity contribution in [2.75, 3.05) is 19.8 Å². The van der Waals surface area contributed by atoms with Crippen molar-refractivity contribution in [1.82, 2.24) is 5.32 Å². The predicted octanol–water partition coefficient (Wildman–Crippen LogP) is 7.41. The number of ether oxygens (including phenoxy) is 4. The Kier molecular flexibility index (Phi) is 18.9. The average molecular weight is 795 g/mol. The molecule has 1 heterocycles. The van der Waals surface area contributed by atoms with Crippen molar-refractivity contribution in [3.05, 3.63) is 71.8 Å². The van der Waals surface area contributed by atoms with Crippen LogP contribution in [0.25, 0.3) is 0 Å². The number of benzene rings is 2. The Balaban J connectivity index is 2.08. The molecule has 1 aliphatic rings. The first kappa shape index (κ1) is 43.3. The van der Waals surface area contributed by atoms with Gasteiger partial charge in [0, 0.05) is 6.42 Å². The highest BCUT2D eigenvalue weighted by Gasteiger charge is 2.53. The van der Waals surface area contributed by atoms with Crippen LogP contribution in [0.2, 0.25) is 0 Å². The Bertz CT molecular complexity index is 1390. The van der Waals surface area contributed by atoms with E-state index in [1.165, 1.54) is 6.92 Å². The second-order valence-corrected chi connectivity index (χ2v) is 15.8. The number of hydrogen-bond donors (Lipinski definition) is 1. The molecule has 1 N–H and O–H groups in total. The molecule has 12 nitrogen and oxygen atoms in total. The van der Waals surface area contributed by atoms with E-state index in [0.717, 1.165) is 24.0 Å². The fourth-order valence-electron chi connectivity index (χ4n) is 4.84. The maximum atomic E-state index is 14.1. The number of esters is 1. The number of unbranched alkanes of at least 4 members (excludes halogenated alkanes) is 2. The molecule has 1 saturated heterocycles. The lowest BCUT2D eigenvalue weighted by atomic mass is 9.96. The van der Waals surface area contributed by atoms with Gasteiger partial charge >= 0.3 is 13.8 Å². The lowest BCUT2D eigenvalue weighted by molar-refractivity contribution is -0.272. The molecule has 1 aliphatic heterocycles. The summed E-state index contributed by atoms with van der Waals surface area (Å²) in [5, 5.41) is 2.63. The molecule has 16 heteroatoms. The standard InChI is InChI=1S/C35H47Cl3NO11P/c1-4-6-20-47-51(43,48-21-7-5-2)50-33-30(39-34(42)35(36,37)38)32(46-23-27-16-12-9-13-17-27)31(45-22-26-14-10-8-11-15-26)28(49-33)24-44-29(41)19-18-25(3)40/h8-17,28,30-33H,4-7,18-24H2,1-3H3,(H,39,42)/t28-,30-,31-,32-,33+/m1/s1. The highest BCUT2D eigenvalue weighted by atomic mass is 35.6. The lowest BCUT2D eigenvalue weighted by Gasteiger charge is -2.46. The van der Waals surface area contributed by atoms with E-state index in [0.29, 0.717) is 12.8 Å². The van der Waals surface area contributed by atoms with Crippen molar-refractivity contribution in [1.29, 1.82) is 0 Å². The molecule has 0 radical (unpaired) electrons. The molecule has 2 aromatic rings. The molecular formula is C35H47Cl3NO11P. The zero-order chi connectivity index (χ0) is 37.3. The van der Waals surface area contributed by atoms with Crippen LogP contribution in [-0.2, 0) is 64.7 Å². The summed E-state index contributed by atoms with van der Waals surface area (Å²) in [6, 6.07) is 17.1. The predicted molar refractivity (Wildman–Crippen MR) is 192 cm³/mol. The maximum absolute atomic E-state index is 14.1. The van der Waals surface area contributed by atoms with Crippen LogP contribution >= 0.6 is 42.6 Å². The number of carbonyl (C=O) groups excluding carboxylic acids is 3. The fourth-order valence-corrected chi connectivity index (χ4v) is 6.34. The number of amides is 1. The molecule has 0 bridgehead atoms. The highest BCUT2D eigenvalue weighted by Crippen LogP contribution is 2.52. The van der Waals surface area contributed by atoms with E-state index in [4.69, 9.17) is 67.3 Å². The van der Waals surface area contributed by atoms with Crippen molar-refractivity contribution in [2.45, 2.75) is 107 Å². The van der Waals surface area contributed by atoms with Gasteiger partial charge in [-0.1, -0.05) is 122 Å². The Labute approximate surface area is 314 Å². The van der Waals surface area contributed by atoms with Gasteiger partial charge in [-0.2, -0.15) is 0 Å². The van der Waals surface area contributed by atoms with E-state index in [9.17, 15) is 18.9 Å². The lowest BCUT2D eigenvalue weighted by Crippen LogP contribution is -2.66. The van der Waals surface area contributed by atoms with Gasteiger partial charge < -0.3 is 29.1 Å². The largest absolute Gasteiger partial charge is 0.477 e. The van der Waals surface area contributed by atoms with Gasteiger partial charge in [0.25, 0.3) is 9.70 Å². The first-order valence-corrected chi connectivity index (χ1v) is 19.5. The number of phosphoric ester groups is 1. The number of alkyl halides is 3. The molecule has 0 spiro atoms. The summed E-state index contributed by atoms with van der Waals surface area (Å²) in [7, 11) is -4.36. The highest BCUT2D eigenvalue weighted by molar-refractivity contribution is 7.48. The third kappa shape index (κ3) is 15.4. The van der Waals surface area contributed by atoms with Crippen LogP contribution in [0.5, 0.6) is 0 Å². The molecule has 3 rings (SSSR count). The summed E-state index contributed by atoms with van der Waals surface area (Å²) in [5.41, 5.74) is 1.58. The number of nitrogens with one attached hydrogen (secondary N) is 1. The zero-order valence-corrected chi connectivity index (χ0v) is 32.2. The van der Waals surface area contributed by atoms with E-state index < -0.39 is 54.1 Å².